The number of nitrogens with one attached hydrogen (secondary N) is 1. The molecule has 102 valence electrons. The first-order valence-electron chi connectivity index (χ1n) is 7.00. The highest BCUT2D eigenvalue weighted by Crippen LogP contribution is 2.47. The van der Waals surface area contributed by atoms with E-state index in [2.05, 4.69) is 30.9 Å². The lowest BCUT2D eigenvalue weighted by Crippen LogP contribution is -2.35. The molecule has 1 unspecified atom stereocenters. The maximum atomic E-state index is 5.08. The van der Waals surface area contributed by atoms with Gasteiger partial charge in [0, 0.05) is 20.2 Å². The molecular formula is C14H29NOS. The summed E-state index contributed by atoms with van der Waals surface area (Å²) in [6, 6.07) is 0. The summed E-state index contributed by atoms with van der Waals surface area (Å²) >= 11 is 2.07. The summed E-state index contributed by atoms with van der Waals surface area (Å²) in [5, 5.41) is 3.56. The molecular weight excluding hydrogens is 230 g/mol. The van der Waals surface area contributed by atoms with Crippen LogP contribution in [0.25, 0.3) is 0 Å². The van der Waals surface area contributed by atoms with Gasteiger partial charge in [0.1, 0.15) is 0 Å². The smallest absolute Gasteiger partial charge is 0.0587 e. The van der Waals surface area contributed by atoms with Crippen LogP contribution in [-0.4, -0.2) is 38.3 Å². The van der Waals surface area contributed by atoms with E-state index >= 15 is 0 Å². The SMILES string of the molecule is CCSCCCC(C)(CNCCOC)C1CC1. The summed E-state index contributed by atoms with van der Waals surface area (Å²) in [5.74, 6) is 3.56. The second kappa shape index (κ2) is 8.39. The zero-order chi connectivity index (χ0) is 12.6. The summed E-state index contributed by atoms with van der Waals surface area (Å²) in [4.78, 5) is 0. The topological polar surface area (TPSA) is 21.3 Å². The Bertz CT molecular complexity index is 183. The van der Waals surface area contributed by atoms with Crippen LogP contribution in [0.1, 0.15) is 39.5 Å². The molecule has 1 saturated carbocycles. The van der Waals surface area contributed by atoms with Crippen molar-refractivity contribution in [1.82, 2.24) is 5.32 Å². The summed E-state index contributed by atoms with van der Waals surface area (Å²) in [5.41, 5.74) is 0.530. The van der Waals surface area contributed by atoms with E-state index in [9.17, 15) is 0 Å². The summed E-state index contributed by atoms with van der Waals surface area (Å²) in [6.07, 6.45) is 5.65. The second-order valence-corrected chi connectivity index (χ2v) is 6.79. The molecule has 1 atom stereocenters. The summed E-state index contributed by atoms with van der Waals surface area (Å²) in [7, 11) is 1.77. The molecule has 1 fully saturated rings. The highest BCUT2D eigenvalue weighted by molar-refractivity contribution is 7.99. The van der Waals surface area contributed by atoms with Crippen LogP contribution in [0.3, 0.4) is 0 Å². The summed E-state index contributed by atoms with van der Waals surface area (Å²) < 4.78 is 5.08. The largest absolute Gasteiger partial charge is 0.383 e. The molecule has 3 heteroatoms. The van der Waals surface area contributed by atoms with E-state index in [0.717, 1.165) is 25.6 Å². The third-order valence-electron chi connectivity index (χ3n) is 3.82. The van der Waals surface area contributed by atoms with Crippen molar-refractivity contribution in [3.63, 3.8) is 0 Å². The van der Waals surface area contributed by atoms with Gasteiger partial charge in [-0.25, -0.2) is 0 Å². The van der Waals surface area contributed by atoms with Crippen LogP contribution in [0.4, 0.5) is 0 Å². The first kappa shape index (κ1) is 15.3. The minimum atomic E-state index is 0.530. The van der Waals surface area contributed by atoms with E-state index in [1.165, 1.54) is 37.2 Å². The third-order valence-corrected chi connectivity index (χ3v) is 4.80. The minimum Gasteiger partial charge on any atom is -0.383 e. The Morgan fingerprint density at radius 3 is 2.76 bits per heavy atom. The van der Waals surface area contributed by atoms with Gasteiger partial charge in [-0.05, 0) is 48.5 Å². The first-order chi connectivity index (χ1) is 8.23. The lowest BCUT2D eigenvalue weighted by molar-refractivity contribution is 0.183. The van der Waals surface area contributed by atoms with Crippen molar-refractivity contribution in [2.24, 2.45) is 11.3 Å². The maximum absolute atomic E-state index is 5.08. The maximum Gasteiger partial charge on any atom is 0.0587 e. The van der Waals surface area contributed by atoms with Crippen LogP contribution >= 0.6 is 11.8 Å². The predicted octanol–water partition coefficient (Wildman–Crippen LogP) is 3.17. The first-order valence-corrected chi connectivity index (χ1v) is 8.16. The van der Waals surface area contributed by atoms with Crippen LogP contribution in [0.2, 0.25) is 0 Å². The lowest BCUT2D eigenvalue weighted by atomic mass is 9.80. The van der Waals surface area contributed by atoms with Crippen molar-refractivity contribution in [2.45, 2.75) is 39.5 Å². The van der Waals surface area contributed by atoms with E-state index in [0.29, 0.717) is 5.41 Å². The van der Waals surface area contributed by atoms with Crippen LogP contribution in [0.5, 0.6) is 0 Å². The lowest BCUT2D eigenvalue weighted by Gasteiger charge is -2.30. The van der Waals surface area contributed by atoms with Gasteiger partial charge in [0.15, 0.2) is 0 Å². The number of ether oxygens (including phenoxy) is 1. The molecule has 0 saturated heterocycles. The van der Waals surface area contributed by atoms with Gasteiger partial charge < -0.3 is 10.1 Å². The highest BCUT2D eigenvalue weighted by Gasteiger charge is 2.40. The molecule has 0 aliphatic heterocycles. The number of hydrogen-bond donors (Lipinski definition) is 1. The van der Waals surface area contributed by atoms with Crippen molar-refractivity contribution >= 4 is 11.8 Å². The van der Waals surface area contributed by atoms with Crippen LogP contribution < -0.4 is 5.32 Å². The highest BCUT2D eigenvalue weighted by atomic mass is 32.2. The fourth-order valence-corrected chi connectivity index (χ4v) is 3.12. The zero-order valence-corrected chi connectivity index (χ0v) is 12.6. The van der Waals surface area contributed by atoms with E-state index in [4.69, 9.17) is 4.74 Å². The molecule has 1 aliphatic rings. The molecule has 0 heterocycles. The Balaban J connectivity index is 2.19. The molecule has 1 N–H and O–H groups in total. The van der Waals surface area contributed by atoms with Gasteiger partial charge in [0.25, 0.3) is 0 Å². The zero-order valence-electron chi connectivity index (χ0n) is 11.8. The number of hydrogen-bond acceptors (Lipinski definition) is 3. The molecule has 0 amide bonds. The Hall–Kier alpha value is 0.270. The fraction of sp³-hybridized carbons (Fsp3) is 1.00. The standard InChI is InChI=1S/C14H29NOS/c1-4-17-11-5-8-14(2,13-6-7-13)12-15-9-10-16-3/h13,15H,4-12H2,1-3H3. The van der Waals surface area contributed by atoms with Crippen molar-refractivity contribution in [1.29, 1.82) is 0 Å². The van der Waals surface area contributed by atoms with Gasteiger partial charge >= 0.3 is 0 Å². The van der Waals surface area contributed by atoms with Crippen molar-refractivity contribution in [3.8, 4) is 0 Å². The monoisotopic (exact) mass is 259 g/mol. The van der Waals surface area contributed by atoms with Gasteiger partial charge in [-0.3, -0.25) is 0 Å². The van der Waals surface area contributed by atoms with Crippen molar-refractivity contribution in [2.75, 3.05) is 38.3 Å². The van der Waals surface area contributed by atoms with Gasteiger partial charge in [-0.2, -0.15) is 11.8 Å². The van der Waals surface area contributed by atoms with Crippen LogP contribution in [0, 0.1) is 11.3 Å². The average molecular weight is 259 g/mol. The van der Waals surface area contributed by atoms with E-state index in [1.54, 1.807) is 7.11 Å². The van der Waals surface area contributed by atoms with E-state index < -0.39 is 0 Å². The van der Waals surface area contributed by atoms with E-state index in [-0.39, 0.29) is 0 Å². The Labute approximate surface area is 111 Å². The normalized spacial score (nSPS) is 19.2. The summed E-state index contributed by atoms with van der Waals surface area (Å²) in [6.45, 7) is 7.70. The van der Waals surface area contributed by atoms with Crippen LogP contribution in [0.15, 0.2) is 0 Å². The molecule has 0 aromatic carbocycles. The van der Waals surface area contributed by atoms with Gasteiger partial charge in [0.2, 0.25) is 0 Å². The van der Waals surface area contributed by atoms with Gasteiger partial charge in [-0.1, -0.05) is 13.8 Å². The van der Waals surface area contributed by atoms with Crippen LogP contribution in [-0.2, 0) is 4.74 Å². The molecule has 1 aliphatic carbocycles. The molecule has 0 aromatic rings. The van der Waals surface area contributed by atoms with Crippen molar-refractivity contribution in [3.05, 3.63) is 0 Å². The molecule has 0 bridgehead atoms. The number of thioether (sulfide) groups is 1. The van der Waals surface area contributed by atoms with Gasteiger partial charge in [-0.15, -0.1) is 0 Å². The Morgan fingerprint density at radius 1 is 1.41 bits per heavy atom. The van der Waals surface area contributed by atoms with Crippen molar-refractivity contribution < 1.29 is 4.74 Å². The second-order valence-electron chi connectivity index (χ2n) is 5.40. The molecule has 0 spiro atoms. The Kier molecular flexibility index (Phi) is 7.56. The minimum absolute atomic E-state index is 0.530. The third kappa shape index (κ3) is 6.12. The fourth-order valence-electron chi connectivity index (χ4n) is 2.49. The molecule has 17 heavy (non-hydrogen) atoms. The van der Waals surface area contributed by atoms with Gasteiger partial charge in [0.05, 0.1) is 6.61 Å². The average Bonchev–Trinajstić information content (AvgIpc) is 3.15. The number of methoxy groups -OCH3 is 1. The van der Waals surface area contributed by atoms with E-state index in [1.807, 2.05) is 0 Å². The number of rotatable bonds is 11. The molecule has 0 radical (unpaired) electrons. The quantitative estimate of drug-likeness (QED) is 0.576. The predicted molar refractivity (Wildman–Crippen MR) is 77.8 cm³/mol. The molecule has 1 rings (SSSR count). The molecule has 0 aromatic heterocycles. The molecule has 2 nitrogen and oxygen atoms in total. The Morgan fingerprint density at radius 2 is 2.18 bits per heavy atom.